The Labute approximate surface area is 197 Å². The molecule has 0 aliphatic rings. The van der Waals surface area contributed by atoms with Gasteiger partial charge in [0.25, 0.3) is 0 Å². The summed E-state index contributed by atoms with van der Waals surface area (Å²) in [5.74, 6) is 1.51. The number of nitrogens with zero attached hydrogens (tertiary/aromatic N) is 1. The largest absolute Gasteiger partial charge is 0.444 e. The van der Waals surface area contributed by atoms with Crippen LogP contribution < -0.4 is 10.6 Å². The molecular weight excluding hydrogens is 422 g/mol. The van der Waals surface area contributed by atoms with Gasteiger partial charge in [-0.1, -0.05) is 18.1 Å². The number of carbonyl (C=O) groups excluding carboxylic acids is 3. The molecule has 0 fully saturated rings. The molecule has 0 radical (unpaired) electrons. The molecule has 0 bridgehead atoms. The van der Waals surface area contributed by atoms with E-state index in [1.807, 2.05) is 13.8 Å². The smallest absolute Gasteiger partial charge is 0.408 e. The van der Waals surface area contributed by atoms with Crippen LogP contribution in [0.1, 0.15) is 72.6 Å². The molecular formula is C25H37N3O5. The third-order valence-electron chi connectivity index (χ3n) is 4.46. The summed E-state index contributed by atoms with van der Waals surface area (Å²) < 4.78 is 5.23. The summed E-state index contributed by atoms with van der Waals surface area (Å²) in [5.41, 5.74) is -0.446. The second-order valence-corrected chi connectivity index (χ2v) is 10.1. The minimum Gasteiger partial charge on any atom is -0.444 e. The van der Waals surface area contributed by atoms with Crippen molar-refractivity contribution in [1.29, 1.82) is 0 Å². The molecule has 33 heavy (non-hydrogen) atoms. The third-order valence-corrected chi connectivity index (χ3v) is 4.46. The average Bonchev–Trinajstić information content (AvgIpc) is 2.66. The van der Waals surface area contributed by atoms with Crippen molar-refractivity contribution in [1.82, 2.24) is 15.5 Å². The fraction of sp³-hybridized carbons (Fsp3) is 0.560. The Balaban J connectivity index is 3.47. The Morgan fingerprint density at radius 3 is 2.00 bits per heavy atom. The Kier molecular flexibility index (Phi) is 9.49. The van der Waals surface area contributed by atoms with Crippen LogP contribution in [0, 0.1) is 12.3 Å². The minimum atomic E-state index is -1.31. The van der Waals surface area contributed by atoms with E-state index in [-0.39, 0.29) is 6.04 Å². The summed E-state index contributed by atoms with van der Waals surface area (Å²) in [7, 11) is 0. The lowest BCUT2D eigenvalue weighted by atomic mass is 9.94. The first-order valence-electron chi connectivity index (χ1n) is 10.9. The normalized spacial score (nSPS) is 13.5. The van der Waals surface area contributed by atoms with Crippen molar-refractivity contribution < 1.29 is 24.2 Å². The highest BCUT2D eigenvalue weighted by molar-refractivity contribution is 5.92. The van der Waals surface area contributed by atoms with E-state index in [0.717, 1.165) is 0 Å². The number of amides is 3. The van der Waals surface area contributed by atoms with Gasteiger partial charge < -0.3 is 25.4 Å². The van der Waals surface area contributed by atoms with Gasteiger partial charge in [-0.05, 0) is 73.1 Å². The Morgan fingerprint density at radius 1 is 1.06 bits per heavy atom. The van der Waals surface area contributed by atoms with Crippen molar-refractivity contribution in [3.8, 4) is 12.3 Å². The van der Waals surface area contributed by atoms with Gasteiger partial charge in [-0.25, -0.2) is 4.79 Å². The molecule has 0 saturated carbocycles. The van der Waals surface area contributed by atoms with E-state index in [4.69, 9.17) is 11.2 Å². The molecule has 3 amide bonds. The zero-order valence-corrected chi connectivity index (χ0v) is 20.9. The highest BCUT2D eigenvalue weighted by Crippen LogP contribution is 2.30. The SMILES string of the molecule is C#Cc1ccc(C(C(=O)NC(C)C)N(C(=O)C(CO)NC(=O)OC(C)(C)C)C(C)(C)C)cc1. The number of aliphatic hydroxyl groups excluding tert-OH is 1. The van der Waals surface area contributed by atoms with Crippen molar-refractivity contribution in [2.24, 2.45) is 0 Å². The molecule has 0 heterocycles. The molecule has 3 N–H and O–H groups in total. The first-order chi connectivity index (χ1) is 15.1. The molecule has 0 spiro atoms. The predicted octanol–water partition coefficient (Wildman–Crippen LogP) is 2.75. The van der Waals surface area contributed by atoms with Crippen LogP contribution >= 0.6 is 0 Å². The van der Waals surface area contributed by atoms with Crippen molar-refractivity contribution >= 4 is 17.9 Å². The van der Waals surface area contributed by atoms with Gasteiger partial charge in [0.05, 0.1) is 6.61 Å². The molecule has 1 aromatic rings. The molecule has 8 nitrogen and oxygen atoms in total. The maximum absolute atomic E-state index is 13.6. The summed E-state index contributed by atoms with van der Waals surface area (Å²) in [6.45, 7) is 13.4. The molecule has 1 aromatic carbocycles. The van der Waals surface area contributed by atoms with E-state index in [2.05, 4.69) is 16.6 Å². The molecule has 0 aliphatic heterocycles. The summed E-state index contributed by atoms with van der Waals surface area (Å²) >= 11 is 0. The van der Waals surface area contributed by atoms with Gasteiger partial charge in [-0.3, -0.25) is 9.59 Å². The van der Waals surface area contributed by atoms with Crippen LogP contribution in [0.4, 0.5) is 4.79 Å². The maximum atomic E-state index is 13.6. The number of nitrogens with one attached hydrogen (secondary N) is 2. The number of hydrogen-bond acceptors (Lipinski definition) is 5. The van der Waals surface area contributed by atoms with Crippen molar-refractivity contribution in [2.75, 3.05) is 6.61 Å². The van der Waals surface area contributed by atoms with Crippen LogP contribution in [-0.2, 0) is 14.3 Å². The van der Waals surface area contributed by atoms with E-state index in [1.54, 1.807) is 65.8 Å². The van der Waals surface area contributed by atoms with Gasteiger partial charge in [-0.15, -0.1) is 6.42 Å². The lowest BCUT2D eigenvalue weighted by molar-refractivity contribution is -0.149. The van der Waals surface area contributed by atoms with Crippen molar-refractivity contribution in [2.45, 2.75) is 84.7 Å². The lowest BCUT2D eigenvalue weighted by Crippen LogP contribution is -2.59. The van der Waals surface area contributed by atoms with Gasteiger partial charge in [0, 0.05) is 17.1 Å². The first-order valence-corrected chi connectivity index (χ1v) is 10.9. The molecule has 0 saturated heterocycles. The molecule has 2 unspecified atom stereocenters. The Morgan fingerprint density at radius 2 is 1.61 bits per heavy atom. The number of benzene rings is 1. The van der Waals surface area contributed by atoms with E-state index >= 15 is 0 Å². The number of ether oxygens (including phenoxy) is 1. The van der Waals surface area contributed by atoms with Crippen LogP contribution in [0.15, 0.2) is 24.3 Å². The molecule has 1 rings (SSSR count). The maximum Gasteiger partial charge on any atom is 0.408 e. The van der Waals surface area contributed by atoms with Crippen molar-refractivity contribution in [3.05, 3.63) is 35.4 Å². The fourth-order valence-electron chi connectivity index (χ4n) is 3.19. The van der Waals surface area contributed by atoms with Crippen molar-refractivity contribution in [3.63, 3.8) is 0 Å². The summed E-state index contributed by atoms with van der Waals surface area (Å²) in [6.07, 6.45) is 4.61. The lowest BCUT2D eigenvalue weighted by Gasteiger charge is -2.43. The Hall–Kier alpha value is -3.05. The second-order valence-electron chi connectivity index (χ2n) is 10.1. The zero-order chi connectivity index (χ0) is 25.6. The quantitative estimate of drug-likeness (QED) is 0.544. The molecule has 0 aliphatic carbocycles. The number of rotatable bonds is 7. The van der Waals surface area contributed by atoms with Crippen LogP contribution in [0.3, 0.4) is 0 Å². The summed E-state index contributed by atoms with van der Waals surface area (Å²) in [5, 5.41) is 15.2. The van der Waals surface area contributed by atoms with Gasteiger partial charge >= 0.3 is 6.09 Å². The first kappa shape index (κ1) is 28.0. The highest BCUT2D eigenvalue weighted by Gasteiger charge is 2.41. The van der Waals surface area contributed by atoms with Gasteiger partial charge in [0.2, 0.25) is 11.8 Å². The molecule has 2 atom stereocenters. The highest BCUT2D eigenvalue weighted by atomic mass is 16.6. The average molecular weight is 460 g/mol. The van der Waals surface area contributed by atoms with Crippen LogP contribution in [0.2, 0.25) is 0 Å². The number of aliphatic hydroxyl groups is 1. The summed E-state index contributed by atoms with van der Waals surface area (Å²) in [6, 6.07) is 4.27. The zero-order valence-electron chi connectivity index (χ0n) is 20.9. The van der Waals surface area contributed by atoms with E-state index in [0.29, 0.717) is 11.1 Å². The summed E-state index contributed by atoms with van der Waals surface area (Å²) in [4.78, 5) is 40.6. The topological polar surface area (TPSA) is 108 Å². The van der Waals surface area contributed by atoms with Crippen LogP contribution in [0.25, 0.3) is 0 Å². The van der Waals surface area contributed by atoms with E-state index < -0.39 is 47.7 Å². The van der Waals surface area contributed by atoms with Gasteiger partial charge in [-0.2, -0.15) is 0 Å². The van der Waals surface area contributed by atoms with E-state index in [9.17, 15) is 19.5 Å². The minimum absolute atomic E-state index is 0.171. The predicted molar refractivity (Wildman–Crippen MR) is 127 cm³/mol. The fourth-order valence-corrected chi connectivity index (χ4v) is 3.19. The molecule has 8 heteroatoms. The Bertz CT molecular complexity index is 873. The standard InChI is InChI=1S/C25H37N3O5/c1-10-17-11-13-18(14-12-17)20(21(30)26-16(2)3)28(24(4,5)6)22(31)19(15-29)27-23(32)33-25(7,8)9/h1,11-14,16,19-20,29H,15H2,2-9H3,(H,26,30)(H,27,32). The molecule has 182 valence electrons. The van der Waals surface area contributed by atoms with Crippen LogP contribution in [0.5, 0.6) is 0 Å². The van der Waals surface area contributed by atoms with Crippen LogP contribution in [-0.4, -0.2) is 57.7 Å². The monoisotopic (exact) mass is 459 g/mol. The number of terminal acetylenes is 1. The third kappa shape index (κ3) is 8.43. The number of hydrogen-bond donors (Lipinski definition) is 3. The van der Waals surface area contributed by atoms with E-state index in [1.165, 1.54) is 4.90 Å². The van der Waals surface area contributed by atoms with Gasteiger partial charge in [0.1, 0.15) is 17.7 Å². The van der Waals surface area contributed by atoms with Gasteiger partial charge in [0.15, 0.2) is 0 Å². The number of carbonyl (C=O) groups is 3. The number of alkyl carbamates (subject to hydrolysis) is 1. The molecule has 0 aromatic heterocycles. The second kappa shape index (κ2) is 11.2.